The fourth-order valence-corrected chi connectivity index (χ4v) is 8.53. The molecule has 2 saturated heterocycles. The van der Waals surface area contributed by atoms with Gasteiger partial charge in [-0.1, -0.05) is 74.2 Å². The van der Waals surface area contributed by atoms with Crippen molar-refractivity contribution >= 4 is 31.3 Å². The molecule has 2 aliphatic rings. The lowest BCUT2D eigenvalue weighted by Crippen LogP contribution is -2.37. The second-order valence-electron chi connectivity index (χ2n) is 18.9. The van der Waals surface area contributed by atoms with Gasteiger partial charge in [0.2, 0.25) is 0 Å². The smallest absolute Gasteiger partial charge is 0.410 e. The molecule has 4 heterocycles. The highest BCUT2D eigenvalue weighted by atomic mass is 28.3. The Morgan fingerprint density at radius 2 is 1.26 bits per heavy atom. The Morgan fingerprint density at radius 3 is 1.83 bits per heavy atom. The number of ether oxygens (including phenoxy) is 3. The summed E-state index contributed by atoms with van der Waals surface area (Å²) in [5, 5.41) is 0. The number of likely N-dealkylation sites (tertiary alicyclic amines) is 2. The molecule has 58 heavy (non-hydrogen) atoms. The summed E-state index contributed by atoms with van der Waals surface area (Å²) in [4.78, 5) is 43.1. The third-order valence-corrected chi connectivity index (χ3v) is 12.4. The summed E-state index contributed by atoms with van der Waals surface area (Å²) in [6, 6.07) is 24.2. The zero-order valence-corrected chi connectivity index (χ0v) is 36.7. The lowest BCUT2D eigenvalue weighted by Gasteiger charge is -2.29. The van der Waals surface area contributed by atoms with Gasteiger partial charge in [0.05, 0.1) is 35.0 Å². The van der Waals surface area contributed by atoms with Crippen molar-refractivity contribution in [2.24, 2.45) is 0 Å². The van der Waals surface area contributed by atoms with E-state index in [1.165, 1.54) is 0 Å². The molecule has 2 amide bonds. The number of aromatic nitrogens is 4. The number of hydrogen-bond acceptors (Lipinski definition) is 7. The first-order valence-electron chi connectivity index (χ1n) is 20.8. The maximum absolute atomic E-state index is 13.3. The molecule has 0 spiro atoms. The number of H-pyrrole nitrogens is 1. The van der Waals surface area contributed by atoms with Crippen molar-refractivity contribution in [3.05, 3.63) is 84.6 Å². The first-order valence-corrected chi connectivity index (χ1v) is 24.5. The molecule has 0 unspecified atom stereocenters. The van der Waals surface area contributed by atoms with Crippen LogP contribution in [0.25, 0.3) is 44.5 Å². The molecular weight excluding hydrogens is 745 g/mol. The van der Waals surface area contributed by atoms with Crippen LogP contribution in [0.1, 0.15) is 91.0 Å². The number of aromatic amines is 1. The van der Waals surface area contributed by atoms with E-state index in [-0.39, 0.29) is 24.3 Å². The van der Waals surface area contributed by atoms with Crippen LogP contribution >= 0.6 is 0 Å². The number of rotatable bonds is 10. The second-order valence-corrected chi connectivity index (χ2v) is 24.6. The van der Waals surface area contributed by atoms with Crippen molar-refractivity contribution in [3.8, 4) is 33.5 Å². The topological polar surface area (TPSA) is 115 Å². The Bertz CT molecular complexity index is 2230. The molecule has 2 atom stereocenters. The van der Waals surface area contributed by atoms with Gasteiger partial charge in [0, 0.05) is 27.8 Å². The van der Waals surface area contributed by atoms with Crippen molar-refractivity contribution in [1.82, 2.24) is 29.3 Å². The van der Waals surface area contributed by atoms with Crippen LogP contribution in [-0.4, -0.2) is 80.5 Å². The zero-order chi connectivity index (χ0) is 41.4. The van der Waals surface area contributed by atoms with Crippen molar-refractivity contribution in [2.45, 2.75) is 123 Å². The molecule has 0 aliphatic carbocycles. The number of benzene rings is 3. The summed E-state index contributed by atoms with van der Waals surface area (Å²) >= 11 is 0. The number of amides is 2. The molecule has 2 aromatic heterocycles. The molecule has 3 aromatic carbocycles. The number of carbonyl (C=O) groups excluding carboxylic acids is 2. The minimum Gasteiger partial charge on any atom is -0.444 e. The lowest BCUT2D eigenvalue weighted by molar-refractivity contribution is 0.0199. The van der Waals surface area contributed by atoms with Gasteiger partial charge in [0.15, 0.2) is 0 Å². The van der Waals surface area contributed by atoms with Gasteiger partial charge in [-0.15, -0.1) is 0 Å². The van der Waals surface area contributed by atoms with E-state index in [1.54, 1.807) is 4.90 Å². The number of carbonyl (C=O) groups is 2. The SMILES string of the molecule is CC(C)(C)OC(=O)N1CCC[C@H]1c1nc2ccc(-c3ccc(-c4ccc(-c5cnc([C@@H]6CCCN6C(=O)OC(C)(C)C)n5COCC[Si](C)(C)C)cc4)cc3)cc2[nH]1. The third kappa shape index (κ3) is 9.66. The zero-order valence-electron chi connectivity index (χ0n) is 35.7. The minimum absolute atomic E-state index is 0.131. The Kier molecular flexibility index (Phi) is 11.6. The monoisotopic (exact) mass is 804 g/mol. The van der Waals surface area contributed by atoms with Gasteiger partial charge in [-0.3, -0.25) is 9.80 Å². The molecule has 0 radical (unpaired) electrons. The van der Waals surface area contributed by atoms with Crippen molar-refractivity contribution in [3.63, 3.8) is 0 Å². The van der Waals surface area contributed by atoms with E-state index in [9.17, 15) is 9.59 Å². The van der Waals surface area contributed by atoms with Crippen LogP contribution in [0, 0.1) is 0 Å². The Balaban J connectivity index is 1.08. The van der Waals surface area contributed by atoms with Crippen LogP contribution in [0.2, 0.25) is 25.7 Å². The number of hydrogen-bond donors (Lipinski definition) is 1. The van der Waals surface area contributed by atoms with E-state index in [0.717, 1.165) is 87.9 Å². The maximum atomic E-state index is 13.3. The number of imidazole rings is 2. The van der Waals surface area contributed by atoms with Crippen molar-refractivity contribution in [2.75, 3.05) is 19.7 Å². The van der Waals surface area contributed by atoms with E-state index in [4.69, 9.17) is 24.2 Å². The van der Waals surface area contributed by atoms with E-state index in [2.05, 4.69) is 89.9 Å². The normalized spacial score (nSPS) is 17.7. The molecule has 5 aromatic rings. The van der Waals surface area contributed by atoms with Gasteiger partial charge >= 0.3 is 12.2 Å². The van der Waals surface area contributed by atoms with Gasteiger partial charge in [-0.25, -0.2) is 19.6 Å². The van der Waals surface area contributed by atoms with Crippen LogP contribution in [0.15, 0.2) is 72.9 Å². The van der Waals surface area contributed by atoms with Gasteiger partial charge in [-0.2, -0.15) is 0 Å². The summed E-state index contributed by atoms with van der Waals surface area (Å²) in [5.41, 5.74) is 7.11. The van der Waals surface area contributed by atoms with Crippen molar-refractivity contribution in [1.29, 1.82) is 0 Å². The first kappa shape index (κ1) is 41.2. The molecule has 12 heteroatoms. The third-order valence-electron chi connectivity index (χ3n) is 10.7. The van der Waals surface area contributed by atoms with Crippen molar-refractivity contribution < 1.29 is 23.8 Å². The fraction of sp³-hybridized carbons (Fsp3) is 0.478. The summed E-state index contributed by atoms with van der Waals surface area (Å²) in [6.07, 6.45) is 4.80. The standard InChI is InChI=1S/C46H60N6O5Si/c1-45(2,3)56-43(53)50-24-10-12-38(50)41-48-36-23-22-35(28-37(36)49-41)33-16-14-31(15-17-33)32-18-20-34(21-19-32)40-29-47-42(52(40)30-55-26-27-58(7,8)9)39-13-11-25-51(39)44(54)57-46(4,5)6/h14-23,28-29,38-39H,10-13,24-27,30H2,1-9H3,(H,48,49)/t38-,39-/m0/s1. The fourth-order valence-electron chi connectivity index (χ4n) is 7.78. The minimum atomic E-state index is -1.27. The lowest BCUT2D eigenvalue weighted by atomic mass is 9.99. The van der Waals surface area contributed by atoms with E-state index in [0.29, 0.717) is 26.4 Å². The van der Waals surface area contributed by atoms with Crippen LogP contribution in [-0.2, 0) is 20.9 Å². The number of nitrogens with one attached hydrogen (secondary N) is 1. The highest BCUT2D eigenvalue weighted by Crippen LogP contribution is 2.37. The predicted molar refractivity (Wildman–Crippen MR) is 232 cm³/mol. The van der Waals surface area contributed by atoms with E-state index < -0.39 is 19.3 Å². The summed E-state index contributed by atoms with van der Waals surface area (Å²) in [5.74, 6) is 1.63. The van der Waals surface area contributed by atoms with Gasteiger partial charge in [-0.05, 0) is 113 Å². The van der Waals surface area contributed by atoms with Crippen LogP contribution in [0.3, 0.4) is 0 Å². The van der Waals surface area contributed by atoms with Crippen LogP contribution in [0.5, 0.6) is 0 Å². The van der Waals surface area contributed by atoms with E-state index in [1.807, 2.05) is 58.7 Å². The predicted octanol–water partition coefficient (Wildman–Crippen LogP) is 11.2. The average molecular weight is 805 g/mol. The molecule has 2 fully saturated rings. The summed E-state index contributed by atoms with van der Waals surface area (Å²) in [7, 11) is -1.27. The number of fused-ring (bicyclic) bond motifs is 1. The summed E-state index contributed by atoms with van der Waals surface area (Å²) < 4.78 is 19.9. The van der Waals surface area contributed by atoms with Gasteiger partial charge in [0.1, 0.15) is 29.6 Å². The maximum Gasteiger partial charge on any atom is 0.410 e. The quantitative estimate of drug-likeness (QED) is 0.110. The highest BCUT2D eigenvalue weighted by molar-refractivity contribution is 6.76. The first-order chi connectivity index (χ1) is 27.4. The van der Waals surface area contributed by atoms with Gasteiger partial charge < -0.3 is 23.8 Å². The molecule has 1 N–H and O–H groups in total. The molecule has 308 valence electrons. The average Bonchev–Trinajstić information content (AvgIpc) is 3.97. The largest absolute Gasteiger partial charge is 0.444 e. The van der Waals surface area contributed by atoms with E-state index >= 15 is 0 Å². The Hall–Kier alpha value is -4.94. The molecule has 0 bridgehead atoms. The Morgan fingerprint density at radius 1 is 0.741 bits per heavy atom. The molecule has 0 saturated carbocycles. The Labute approximate surface area is 344 Å². The molecule has 7 rings (SSSR count). The second kappa shape index (κ2) is 16.4. The molecule has 2 aliphatic heterocycles. The van der Waals surface area contributed by atoms with Crippen LogP contribution < -0.4 is 0 Å². The van der Waals surface area contributed by atoms with Gasteiger partial charge in [0.25, 0.3) is 0 Å². The molecule has 11 nitrogen and oxygen atoms in total. The number of nitrogens with zero attached hydrogens (tertiary/aromatic N) is 5. The molecular formula is C46H60N6O5Si. The highest BCUT2D eigenvalue weighted by Gasteiger charge is 2.37. The van der Waals surface area contributed by atoms with Crippen LogP contribution in [0.4, 0.5) is 9.59 Å². The summed E-state index contributed by atoms with van der Waals surface area (Å²) in [6.45, 7) is 20.8.